The third kappa shape index (κ3) is 4.07. The molecule has 142 valence electrons. The first-order chi connectivity index (χ1) is 14.1. The molecular formula is C21H14N4O3S. The first-order valence-corrected chi connectivity index (χ1v) is 9.47. The number of nitrogens with zero attached hydrogens (tertiary/aromatic N) is 4. The number of para-hydroxylation sites is 1. The third-order valence-electron chi connectivity index (χ3n) is 4.08. The summed E-state index contributed by atoms with van der Waals surface area (Å²) in [6.07, 6.45) is 3.34. The van der Waals surface area contributed by atoms with E-state index in [9.17, 15) is 14.9 Å². The van der Waals surface area contributed by atoms with E-state index in [4.69, 9.17) is 0 Å². The Labute approximate surface area is 170 Å². The molecule has 4 rings (SSSR count). The molecule has 1 aliphatic heterocycles. The largest absolute Gasteiger partial charge is 0.271 e. The number of hydrogen-bond acceptors (Lipinski definition) is 6. The summed E-state index contributed by atoms with van der Waals surface area (Å²) < 4.78 is 0. The van der Waals surface area contributed by atoms with E-state index in [1.807, 2.05) is 36.4 Å². The highest BCUT2D eigenvalue weighted by Gasteiger charge is 2.34. The van der Waals surface area contributed by atoms with Gasteiger partial charge in [0, 0.05) is 18.3 Å². The average molecular weight is 402 g/mol. The summed E-state index contributed by atoms with van der Waals surface area (Å²) in [7, 11) is 0. The molecule has 1 aliphatic rings. The number of pyridine rings is 1. The van der Waals surface area contributed by atoms with Crippen LogP contribution in [0.2, 0.25) is 0 Å². The molecule has 7 nitrogen and oxygen atoms in total. The van der Waals surface area contributed by atoms with E-state index in [0.29, 0.717) is 27.1 Å². The number of rotatable bonds is 4. The highest BCUT2D eigenvalue weighted by atomic mass is 32.2. The Bertz CT molecular complexity index is 1110. The summed E-state index contributed by atoms with van der Waals surface area (Å²) in [6.45, 7) is 0. The number of non-ortho nitro benzene ring substituents is 1. The van der Waals surface area contributed by atoms with E-state index >= 15 is 0 Å². The molecule has 2 aromatic carbocycles. The molecule has 1 fully saturated rings. The van der Waals surface area contributed by atoms with Crippen LogP contribution in [0.5, 0.6) is 0 Å². The molecule has 0 bridgehead atoms. The predicted molar refractivity (Wildman–Crippen MR) is 114 cm³/mol. The van der Waals surface area contributed by atoms with Crippen LogP contribution < -0.4 is 4.90 Å². The number of aromatic nitrogens is 1. The topological polar surface area (TPSA) is 88.7 Å². The van der Waals surface area contributed by atoms with Gasteiger partial charge in [-0.2, -0.15) is 0 Å². The fourth-order valence-electron chi connectivity index (χ4n) is 2.72. The van der Waals surface area contributed by atoms with Crippen LogP contribution in [0.3, 0.4) is 0 Å². The van der Waals surface area contributed by atoms with Crippen LogP contribution in [-0.2, 0) is 4.79 Å². The van der Waals surface area contributed by atoms with Crippen molar-refractivity contribution in [2.45, 2.75) is 0 Å². The number of nitro groups is 1. The number of nitro benzene ring substituents is 1. The second kappa shape index (κ2) is 8.07. The third-order valence-corrected chi connectivity index (χ3v) is 5.05. The van der Waals surface area contributed by atoms with Gasteiger partial charge in [0.2, 0.25) is 0 Å². The van der Waals surface area contributed by atoms with E-state index in [2.05, 4.69) is 9.98 Å². The number of anilines is 1. The fraction of sp³-hybridized carbons (Fsp3) is 0. The number of amides is 1. The quantitative estimate of drug-likeness (QED) is 0.355. The highest BCUT2D eigenvalue weighted by Crippen LogP contribution is 2.37. The number of carbonyl (C=O) groups excluding carboxylic acids is 1. The van der Waals surface area contributed by atoms with E-state index in [1.54, 1.807) is 36.5 Å². The summed E-state index contributed by atoms with van der Waals surface area (Å²) in [6, 6.07) is 20.7. The zero-order valence-electron chi connectivity index (χ0n) is 15.0. The van der Waals surface area contributed by atoms with Crippen molar-refractivity contribution in [2.24, 2.45) is 4.99 Å². The highest BCUT2D eigenvalue weighted by molar-refractivity contribution is 8.19. The molecule has 0 atom stereocenters. The van der Waals surface area contributed by atoms with Gasteiger partial charge in [0.1, 0.15) is 0 Å². The maximum atomic E-state index is 13.1. The summed E-state index contributed by atoms with van der Waals surface area (Å²) in [5.41, 5.74) is 1.39. The molecule has 0 unspecified atom stereocenters. The maximum absolute atomic E-state index is 13.1. The minimum Gasteiger partial charge on any atom is -0.268 e. The van der Waals surface area contributed by atoms with Crippen LogP contribution in [-0.4, -0.2) is 21.0 Å². The van der Waals surface area contributed by atoms with Crippen molar-refractivity contribution >= 4 is 46.1 Å². The number of benzene rings is 2. The summed E-state index contributed by atoms with van der Waals surface area (Å²) >= 11 is 1.24. The van der Waals surface area contributed by atoms with Gasteiger partial charge in [-0.25, -0.2) is 9.98 Å². The van der Waals surface area contributed by atoms with E-state index < -0.39 is 4.92 Å². The van der Waals surface area contributed by atoms with Crippen LogP contribution in [0.4, 0.5) is 17.2 Å². The van der Waals surface area contributed by atoms with Gasteiger partial charge in [-0.15, -0.1) is 0 Å². The maximum Gasteiger partial charge on any atom is 0.271 e. The van der Waals surface area contributed by atoms with Gasteiger partial charge in [-0.3, -0.25) is 19.8 Å². The molecule has 2 heterocycles. The fourth-order valence-corrected chi connectivity index (χ4v) is 3.70. The normalized spacial score (nSPS) is 16.6. The van der Waals surface area contributed by atoms with Crippen LogP contribution in [0, 0.1) is 10.1 Å². The lowest BCUT2D eigenvalue weighted by molar-refractivity contribution is -0.384. The zero-order chi connectivity index (χ0) is 20.2. The standard InChI is InChI=1S/C21H14N4O3S/c26-20-18(14-15-9-11-17(12-10-15)25(27)28)29-21(23-19-8-4-5-13-22-19)24(20)16-6-2-1-3-7-16/h1-14H/b18-14-,23-21+. The van der Waals surface area contributed by atoms with Crippen LogP contribution in [0.1, 0.15) is 5.56 Å². The van der Waals surface area contributed by atoms with Gasteiger partial charge in [0.15, 0.2) is 11.0 Å². The molecule has 1 amide bonds. The van der Waals surface area contributed by atoms with Gasteiger partial charge in [0.05, 0.1) is 15.5 Å². The Balaban J connectivity index is 1.72. The SMILES string of the molecule is O=C1/C(=C/c2ccc([N+](=O)[O-])cc2)S/C(=N/c2ccccn2)N1c1ccccc1. The van der Waals surface area contributed by atoms with Crippen molar-refractivity contribution in [3.8, 4) is 0 Å². The van der Waals surface area contributed by atoms with Crippen molar-refractivity contribution in [1.82, 2.24) is 4.98 Å². The molecule has 0 saturated carbocycles. The zero-order valence-corrected chi connectivity index (χ0v) is 15.8. The molecule has 1 saturated heterocycles. The molecule has 29 heavy (non-hydrogen) atoms. The van der Waals surface area contributed by atoms with Crippen molar-refractivity contribution in [1.29, 1.82) is 0 Å². The molecule has 0 radical (unpaired) electrons. The Morgan fingerprint density at radius 1 is 1.00 bits per heavy atom. The molecule has 0 N–H and O–H groups in total. The van der Waals surface area contributed by atoms with Gasteiger partial charge < -0.3 is 0 Å². The number of thioether (sulfide) groups is 1. The van der Waals surface area contributed by atoms with Crippen LogP contribution >= 0.6 is 11.8 Å². The second-order valence-corrected chi connectivity index (χ2v) is 7.03. The first-order valence-electron chi connectivity index (χ1n) is 8.65. The van der Waals surface area contributed by atoms with Crippen molar-refractivity contribution < 1.29 is 9.72 Å². The van der Waals surface area contributed by atoms with Gasteiger partial charge >= 0.3 is 0 Å². The number of aliphatic imine (C=N–C) groups is 1. The van der Waals surface area contributed by atoms with Crippen molar-refractivity contribution in [3.05, 3.63) is 99.6 Å². The molecule has 1 aromatic heterocycles. The Kier molecular flexibility index (Phi) is 5.17. The summed E-state index contributed by atoms with van der Waals surface area (Å²) in [4.78, 5) is 34.2. The Morgan fingerprint density at radius 2 is 1.72 bits per heavy atom. The summed E-state index contributed by atoms with van der Waals surface area (Å²) in [5, 5.41) is 11.3. The summed E-state index contributed by atoms with van der Waals surface area (Å²) in [5.74, 6) is 0.287. The number of hydrogen-bond donors (Lipinski definition) is 0. The van der Waals surface area contributed by atoms with Crippen molar-refractivity contribution in [3.63, 3.8) is 0 Å². The number of carbonyl (C=O) groups is 1. The lowest BCUT2D eigenvalue weighted by Crippen LogP contribution is -2.28. The van der Waals surface area contributed by atoms with Crippen molar-refractivity contribution in [2.75, 3.05) is 4.90 Å². The van der Waals surface area contributed by atoms with Gasteiger partial charge in [-0.1, -0.05) is 24.3 Å². The lowest BCUT2D eigenvalue weighted by Gasteiger charge is -2.15. The monoisotopic (exact) mass is 402 g/mol. The van der Waals surface area contributed by atoms with E-state index in [-0.39, 0.29) is 11.6 Å². The van der Waals surface area contributed by atoms with E-state index in [0.717, 1.165) is 0 Å². The predicted octanol–water partition coefficient (Wildman–Crippen LogP) is 4.80. The number of amidine groups is 1. The van der Waals surface area contributed by atoms with Crippen LogP contribution in [0.15, 0.2) is 88.9 Å². The Morgan fingerprint density at radius 3 is 2.38 bits per heavy atom. The smallest absolute Gasteiger partial charge is 0.268 e. The Hall–Kier alpha value is -3.78. The minimum atomic E-state index is -0.457. The molecule has 0 aliphatic carbocycles. The van der Waals surface area contributed by atoms with Crippen LogP contribution in [0.25, 0.3) is 6.08 Å². The molecular weight excluding hydrogens is 388 g/mol. The first kappa shape index (κ1) is 18.6. The molecule has 8 heteroatoms. The molecule has 0 spiro atoms. The minimum absolute atomic E-state index is 0.000803. The average Bonchev–Trinajstić information content (AvgIpc) is 3.04. The lowest BCUT2D eigenvalue weighted by atomic mass is 10.2. The van der Waals surface area contributed by atoms with E-state index in [1.165, 1.54) is 28.8 Å². The van der Waals surface area contributed by atoms with Gasteiger partial charge in [-0.05, 0) is 59.8 Å². The molecule has 3 aromatic rings. The van der Waals surface area contributed by atoms with Gasteiger partial charge in [0.25, 0.3) is 11.6 Å². The second-order valence-electron chi connectivity index (χ2n) is 6.02.